The maximum atomic E-state index is 9.08. The highest BCUT2D eigenvalue weighted by Crippen LogP contribution is 2.23. The van der Waals surface area contributed by atoms with Gasteiger partial charge >= 0.3 is 0 Å². The molecular formula is C14H18ClN3. The van der Waals surface area contributed by atoms with Gasteiger partial charge in [0.05, 0.1) is 11.3 Å². The standard InChI is InChI=1S/C14H18ClN3/c1-2-18-7-5-13(6-8-18)17-14-9-12(15)4-3-11(14)10-16/h3-4,9,13,17H,2,5-8H2,1H3. The van der Waals surface area contributed by atoms with Crippen LogP contribution in [-0.4, -0.2) is 30.6 Å². The number of hydrogen-bond acceptors (Lipinski definition) is 3. The third-order valence-corrected chi connectivity index (χ3v) is 3.73. The fourth-order valence-electron chi connectivity index (χ4n) is 2.35. The Kier molecular flexibility index (Phi) is 4.46. The zero-order valence-corrected chi connectivity index (χ0v) is 11.4. The molecule has 1 N–H and O–H groups in total. The molecule has 2 rings (SSSR count). The predicted molar refractivity (Wildman–Crippen MR) is 74.9 cm³/mol. The number of nitriles is 1. The van der Waals surface area contributed by atoms with Gasteiger partial charge in [-0.05, 0) is 37.6 Å². The Labute approximate surface area is 113 Å². The minimum atomic E-state index is 0.443. The average molecular weight is 264 g/mol. The molecule has 0 amide bonds. The van der Waals surface area contributed by atoms with Gasteiger partial charge in [0.2, 0.25) is 0 Å². The van der Waals surface area contributed by atoms with Crippen LogP contribution in [0.3, 0.4) is 0 Å². The van der Waals surface area contributed by atoms with E-state index < -0.39 is 0 Å². The first-order valence-electron chi connectivity index (χ1n) is 6.41. The fourth-order valence-corrected chi connectivity index (χ4v) is 2.52. The van der Waals surface area contributed by atoms with E-state index in [0.717, 1.165) is 38.2 Å². The molecular weight excluding hydrogens is 246 g/mol. The molecule has 0 aromatic heterocycles. The Bertz CT molecular complexity index is 445. The van der Waals surface area contributed by atoms with Gasteiger partial charge in [0.1, 0.15) is 6.07 Å². The Morgan fingerprint density at radius 2 is 2.17 bits per heavy atom. The lowest BCUT2D eigenvalue weighted by Crippen LogP contribution is -2.38. The SMILES string of the molecule is CCN1CCC(Nc2cc(Cl)ccc2C#N)CC1. The molecule has 1 aliphatic rings. The van der Waals surface area contributed by atoms with Gasteiger partial charge in [-0.2, -0.15) is 5.26 Å². The Morgan fingerprint density at radius 1 is 1.44 bits per heavy atom. The summed E-state index contributed by atoms with van der Waals surface area (Å²) >= 11 is 5.98. The second kappa shape index (κ2) is 6.08. The highest BCUT2D eigenvalue weighted by molar-refractivity contribution is 6.30. The van der Waals surface area contributed by atoms with Crippen molar-refractivity contribution in [3.63, 3.8) is 0 Å². The molecule has 0 aliphatic carbocycles. The van der Waals surface area contributed by atoms with Gasteiger partial charge in [-0.25, -0.2) is 0 Å². The number of nitrogens with zero attached hydrogens (tertiary/aromatic N) is 2. The Balaban J connectivity index is 2.02. The monoisotopic (exact) mass is 263 g/mol. The first-order chi connectivity index (χ1) is 8.72. The van der Waals surface area contributed by atoms with E-state index in [1.807, 2.05) is 6.07 Å². The minimum absolute atomic E-state index is 0.443. The van der Waals surface area contributed by atoms with Crippen molar-refractivity contribution in [2.75, 3.05) is 25.0 Å². The lowest BCUT2D eigenvalue weighted by atomic mass is 10.0. The molecule has 1 fully saturated rings. The summed E-state index contributed by atoms with van der Waals surface area (Å²) in [5.41, 5.74) is 1.53. The largest absolute Gasteiger partial charge is 0.381 e. The van der Waals surface area contributed by atoms with Gasteiger partial charge in [-0.15, -0.1) is 0 Å². The highest BCUT2D eigenvalue weighted by Gasteiger charge is 2.18. The number of likely N-dealkylation sites (tertiary alicyclic amines) is 1. The van der Waals surface area contributed by atoms with Crippen LogP contribution < -0.4 is 5.32 Å². The van der Waals surface area contributed by atoms with Crippen LogP contribution in [0.4, 0.5) is 5.69 Å². The van der Waals surface area contributed by atoms with Crippen LogP contribution in [0, 0.1) is 11.3 Å². The summed E-state index contributed by atoms with van der Waals surface area (Å²) in [6, 6.07) is 8.01. The molecule has 0 bridgehead atoms. The Hall–Kier alpha value is -1.24. The van der Waals surface area contributed by atoms with Gasteiger partial charge in [-0.3, -0.25) is 0 Å². The zero-order valence-electron chi connectivity index (χ0n) is 10.6. The second-order valence-electron chi connectivity index (χ2n) is 4.65. The number of anilines is 1. The van der Waals surface area contributed by atoms with Crippen LogP contribution in [0.25, 0.3) is 0 Å². The van der Waals surface area contributed by atoms with E-state index in [1.54, 1.807) is 12.1 Å². The molecule has 96 valence electrons. The lowest BCUT2D eigenvalue weighted by molar-refractivity contribution is 0.229. The fraction of sp³-hybridized carbons (Fsp3) is 0.500. The van der Waals surface area contributed by atoms with Crippen LogP contribution in [0.2, 0.25) is 5.02 Å². The van der Waals surface area contributed by atoms with E-state index in [9.17, 15) is 0 Å². The van der Waals surface area contributed by atoms with Crippen molar-refractivity contribution in [2.24, 2.45) is 0 Å². The van der Waals surface area contributed by atoms with Gasteiger partial charge < -0.3 is 10.2 Å². The van der Waals surface area contributed by atoms with E-state index in [2.05, 4.69) is 23.2 Å². The topological polar surface area (TPSA) is 39.1 Å². The summed E-state index contributed by atoms with van der Waals surface area (Å²) in [6.45, 7) is 5.55. The molecule has 1 aromatic rings. The van der Waals surface area contributed by atoms with Crippen molar-refractivity contribution in [3.05, 3.63) is 28.8 Å². The number of hydrogen-bond donors (Lipinski definition) is 1. The minimum Gasteiger partial charge on any atom is -0.381 e. The van der Waals surface area contributed by atoms with Crippen LogP contribution in [0.5, 0.6) is 0 Å². The van der Waals surface area contributed by atoms with E-state index in [0.29, 0.717) is 16.6 Å². The molecule has 0 atom stereocenters. The molecule has 0 spiro atoms. The van der Waals surface area contributed by atoms with E-state index in [4.69, 9.17) is 16.9 Å². The maximum absolute atomic E-state index is 9.08. The first kappa shape index (κ1) is 13.2. The average Bonchev–Trinajstić information content (AvgIpc) is 2.40. The number of rotatable bonds is 3. The summed E-state index contributed by atoms with van der Waals surface area (Å²) in [6.07, 6.45) is 2.23. The number of piperidine rings is 1. The van der Waals surface area contributed by atoms with Gasteiger partial charge in [0, 0.05) is 24.2 Å². The summed E-state index contributed by atoms with van der Waals surface area (Å²) in [5.74, 6) is 0. The van der Waals surface area contributed by atoms with Crippen LogP contribution in [0.15, 0.2) is 18.2 Å². The molecule has 1 aromatic carbocycles. The van der Waals surface area contributed by atoms with Gasteiger partial charge in [-0.1, -0.05) is 18.5 Å². The summed E-state index contributed by atoms with van der Waals surface area (Å²) in [4.78, 5) is 2.45. The second-order valence-corrected chi connectivity index (χ2v) is 5.09. The molecule has 4 heteroatoms. The molecule has 1 saturated heterocycles. The quantitative estimate of drug-likeness (QED) is 0.911. The molecule has 0 saturated carbocycles. The van der Waals surface area contributed by atoms with Crippen molar-refractivity contribution >= 4 is 17.3 Å². The third-order valence-electron chi connectivity index (χ3n) is 3.50. The van der Waals surface area contributed by atoms with Crippen molar-refractivity contribution in [3.8, 4) is 6.07 Å². The number of benzene rings is 1. The van der Waals surface area contributed by atoms with Crippen molar-refractivity contribution in [2.45, 2.75) is 25.8 Å². The van der Waals surface area contributed by atoms with Crippen LogP contribution in [0.1, 0.15) is 25.3 Å². The lowest BCUT2D eigenvalue weighted by Gasteiger charge is -2.32. The van der Waals surface area contributed by atoms with Crippen molar-refractivity contribution in [1.82, 2.24) is 4.90 Å². The van der Waals surface area contributed by atoms with Gasteiger partial charge in [0.15, 0.2) is 0 Å². The number of nitrogens with one attached hydrogen (secondary N) is 1. The van der Waals surface area contributed by atoms with E-state index in [1.165, 1.54) is 0 Å². The summed E-state index contributed by atoms with van der Waals surface area (Å²) < 4.78 is 0. The predicted octanol–water partition coefficient (Wildman–Crippen LogP) is 3.11. The van der Waals surface area contributed by atoms with Crippen LogP contribution in [-0.2, 0) is 0 Å². The number of halogens is 1. The molecule has 18 heavy (non-hydrogen) atoms. The third kappa shape index (κ3) is 3.16. The molecule has 0 radical (unpaired) electrons. The maximum Gasteiger partial charge on any atom is 0.101 e. The Morgan fingerprint density at radius 3 is 2.78 bits per heavy atom. The van der Waals surface area contributed by atoms with Crippen molar-refractivity contribution < 1.29 is 0 Å². The molecule has 3 nitrogen and oxygen atoms in total. The van der Waals surface area contributed by atoms with E-state index >= 15 is 0 Å². The summed E-state index contributed by atoms with van der Waals surface area (Å²) in [5, 5.41) is 13.2. The van der Waals surface area contributed by atoms with Crippen molar-refractivity contribution in [1.29, 1.82) is 5.26 Å². The normalized spacial score (nSPS) is 17.4. The molecule has 1 heterocycles. The van der Waals surface area contributed by atoms with Gasteiger partial charge in [0.25, 0.3) is 0 Å². The smallest absolute Gasteiger partial charge is 0.101 e. The molecule has 1 aliphatic heterocycles. The zero-order chi connectivity index (χ0) is 13.0. The highest BCUT2D eigenvalue weighted by atomic mass is 35.5. The summed E-state index contributed by atoms with van der Waals surface area (Å²) in [7, 11) is 0. The first-order valence-corrected chi connectivity index (χ1v) is 6.79. The molecule has 0 unspecified atom stereocenters. The van der Waals surface area contributed by atoms with E-state index in [-0.39, 0.29) is 0 Å². The van der Waals surface area contributed by atoms with Crippen LogP contribution >= 0.6 is 11.6 Å².